The van der Waals surface area contributed by atoms with Gasteiger partial charge in [0.05, 0.1) is 13.2 Å². The topological polar surface area (TPSA) is 84.5 Å². The van der Waals surface area contributed by atoms with Crippen molar-refractivity contribution in [2.45, 2.75) is 38.1 Å². The molecule has 1 aromatic rings. The van der Waals surface area contributed by atoms with E-state index in [0.717, 1.165) is 12.0 Å². The van der Waals surface area contributed by atoms with E-state index in [4.69, 9.17) is 4.74 Å². The molecule has 1 rings (SSSR count). The molecule has 0 aliphatic rings. The van der Waals surface area contributed by atoms with Gasteiger partial charge in [-0.2, -0.15) is 4.72 Å². The van der Waals surface area contributed by atoms with E-state index < -0.39 is 16.1 Å². The molecule has 118 valence electrons. The van der Waals surface area contributed by atoms with E-state index in [2.05, 4.69) is 10.0 Å². The monoisotopic (exact) mass is 314 g/mol. The van der Waals surface area contributed by atoms with Gasteiger partial charge in [0.2, 0.25) is 15.9 Å². The van der Waals surface area contributed by atoms with E-state index in [1.54, 1.807) is 19.1 Å². The maximum atomic E-state index is 12.4. The zero-order chi connectivity index (χ0) is 16.0. The normalized spacial score (nSPS) is 12.8. The molecule has 0 aliphatic carbocycles. The number of ether oxygens (including phenoxy) is 1. The van der Waals surface area contributed by atoms with Crippen LogP contribution in [-0.4, -0.2) is 34.0 Å². The number of benzene rings is 1. The number of amides is 1. The third-order valence-electron chi connectivity index (χ3n) is 2.88. The van der Waals surface area contributed by atoms with Crippen molar-refractivity contribution >= 4 is 15.9 Å². The smallest absolute Gasteiger partial charge is 0.244 e. The summed E-state index contributed by atoms with van der Waals surface area (Å²) >= 11 is 0. The summed E-state index contributed by atoms with van der Waals surface area (Å²) in [6, 6.07) is 4.01. The minimum absolute atomic E-state index is 0.0279. The Balaban J connectivity index is 2.96. The van der Waals surface area contributed by atoms with Crippen molar-refractivity contribution in [3.63, 3.8) is 0 Å². The largest absolute Gasteiger partial charge is 0.495 e. The van der Waals surface area contributed by atoms with Gasteiger partial charge in [-0.25, -0.2) is 8.42 Å². The zero-order valence-electron chi connectivity index (χ0n) is 12.8. The van der Waals surface area contributed by atoms with Crippen LogP contribution in [0.25, 0.3) is 0 Å². The second kappa shape index (κ2) is 7.42. The van der Waals surface area contributed by atoms with Crippen LogP contribution in [0.5, 0.6) is 5.75 Å². The number of methoxy groups -OCH3 is 1. The summed E-state index contributed by atoms with van der Waals surface area (Å²) < 4.78 is 32.2. The molecule has 1 aromatic carbocycles. The van der Waals surface area contributed by atoms with Crippen molar-refractivity contribution < 1.29 is 17.9 Å². The van der Waals surface area contributed by atoms with Gasteiger partial charge in [0.25, 0.3) is 0 Å². The maximum Gasteiger partial charge on any atom is 0.244 e. The summed E-state index contributed by atoms with van der Waals surface area (Å²) in [4.78, 5) is 11.8. The van der Waals surface area contributed by atoms with E-state index in [1.807, 2.05) is 6.92 Å². The van der Waals surface area contributed by atoms with E-state index in [9.17, 15) is 13.2 Å². The number of hydrogen-bond donors (Lipinski definition) is 2. The Labute approximate surface area is 125 Å². The standard InChI is InChI=1S/C14H22N2O4S/c1-5-8-15-14(17)11(3)16-21(18,19)13-9-10(2)6-7-12(13)20-4/h6-7,9,11,16H,5,8H2,1-4H3,(H,15,17)/t11-/m0/s1. The lowest BCUT2D eigenvalue weighted by molar-refractivity contribution is -0.122. The highest BCUT2D eigenvalue weighted by Gasteiger charge is 2.24. The number of sulfonamides is 1. The fraction of sp³-hybridized carbons (Fsp3) is 0.500. The fourth-order valence-corrected chi connectivity index (χ4v) is 3.20. The molecule has 2 N–H and O–H groups in total. The highest BCUT2D eigenvalue weighted by molar-refractivity contribution is 7.89. The Hall–Kier alpha value is -1.60. The van der Waals surface area contributed by atoms with E-state index in [-0.39, 0.29) is 16.6 Å². The zero-order valence-corrected chi connectivity index (χ0v) is 13.6. The van der Waals surface area contributed by atoms with Gasteiger partial charge in [0, 0.05) is 6.54 Å². The molecule has 0 saturated heterocycles. The lowest BCUT2D eigenvalue weighted by Gasteiger charge is -2.16. The summed E-state index contributed by atoms with van der Waals surface area (Å²) in [6.07, 6.45) is 0.789. The van der Waals surface area contributed by atoms with Crippen molar-refractivity contribution in [3.8, 4) is 5.75 Å². The molecule has 0 saturated carbocycles. The average molecular weight is 314 g/mol. The molecule has 1 amide bonds. The van der Waals surface area contributed by atoms with Crippen LogP contribution < -0.4 is 14.8 Å². The number of rotatable bonds is 7. The number of aryl methyl sites for hydroxylation is 1. The third-order valence-corrected chi connectivity index (χ3v) is 4.45. The van der Waals surface area contributed by atoms with Crippen molar-refractivity contribution in [1.29, 1.82) is 0 Å². The molecule has 6 nitrogen and oxygen atoms in total. The number of nitrogens with one attached hydrogen (secondary N) is 2. The van der Waals surface area contributed by atoms with Gasteiger partial charge in [0.1, 0.15) is 10.6 Å². The van der Waals surface area contributed by atoms with Gasteiger partial charge in [-0.1, -0.05) is 13.0 Å². The molecule has 0 radical (unpaired) electrons. The number of carbonyl (C=O) groups excluding carboxylic acids is 1. The molecule has 7 heteroatoms. The molecule has 0 heterocycles. The van der Waals surface area contributed by atoms with E-state index in [0.29, 0.717) is 6.54 Å². The Morgan fingerprint density at radius 2 is 2.05 bits per heavy atom. The highest BCUT2D eigenvalue weighted by atomic mass is 32.2. The van der Waals surface area contributed by atoms with Gasteiger partial charge in [-0.15, -0.1) is 0 Å². The molecule has 0 bridgehead atoms. The Bertz CT molecular complexity index is 599. The first-order chi connectivity index (χ1) is 9.81. The molecule has 0 spiro atoms. The second-order valence-electron chi connectivity index (χ2n) is 4.79. The molecule has 0 aromatic heterocycles. The average Bonchev–Trinajstić information content (AvgIpc) is 2.44. The predicted octanol–water partition coefficient (Wildman–Crippen LogP) is 1.20. The lowest BCUT2D eigenvalue weighted by atomic mass is 10.2. The highest BCUT2D eigenvalue weighted by Crippen LogP contribution is 2.24. The molecule has 21 heavy (non-hydrogen) atoms. The SMILES string of the molecule is CCCNC(=O)[C@H](C)NS(=O)(=O)c1cc(C)ccc1OC. The van der Waals surface area contributed by atoms with Gasteiger partial charge in [0.15, 0.2) is 0 Å². The lowest BCUT2D eigenvalue weighted by Crippen LogP contribution is -2.44. The molecular weight excluding hydrogens is 292 g/mol. The first-order valence-electron chi connectivity index (χ1n) is 6.76. The van der Waals surface area contributed by atoms with Crippen molar-refractivity contribution in [1.82, 2.24) is 10.0 Å². The Morgan fingerprint density at radius 1 is 1.38 bits per heavy atom. The van der Waals surface area contributed by atoms with Crippen LogP contribution in [-0.2, 0) is 14.8 Å². The molecule has 0 fully saturated rings. The number of carbonyl (C=O) groups is 1. The summed E-state index contributed by atoms with van der Waals surface area (Å²) in [7, 11) is -2.43. The molecule has 1 atom stereocenters. The van der Waals surface area contributed by atoms with Crippen molar-refractivity contribution in [2.75, 3.05) is 13.7 Å². The van der Waals surface area contributed by atoms with E-state index >= 15 is 0 Å². The van der Waals surface area contributed by atoms with Crippen LogP contribution in [0.4, 0.5) is 0 Å². The molecule has 0 unspecified atom stereocenters. The van der Waals surface area contributed by atoms with Gasteiger partial charge in [-0.3, -0.25) is 4.79 Å². The quantitative estimate of drug-likeness (QED) is 0.792. The fourth-order valence-electron chi connectivity index (χ4n) is 1.74. The summed E-state index contributed by atoms with van der Waals surface area (Å²) in [5.41, 5.74) is 0.791. The Morgan fingerprint density at radius 3 is 2.62 bits per heavy atom. The van der Waals surface area contributed by atoms with Crippen LogP contribution >= 0.6 is 0 Å². The predicted molar refractivity (Wildman–Crippen MR) is 80.8 cm³/mol. The van der Waals surface area contributed by atoms with Crippen LogP contribution in [0, 0.1) is 6.92 Å². The van der Waals surface area contributed by atoms with E-state index in [1.165, 1.54) is 20.1 Å². The minimum Gasteiger partial charge on any atom is -0.495 e. The third kappa shape index (κ3) is 4.71. The maximum absolute atomic E-state index is 12.4. The summed E-state index contributed by atoms with van der Waals surface area (Å²) in [5, 5.41) is 2.65. The Kier molecular flexibility index (Phi) is 6.17. The van der Waals surface area contributed by atoms with Gasteiger partial charge in [-0.05, 0) is 38.0 Å². The van der Waals surface area contributed by atoms with Crippen LogP contribution in [0.3, 0.4) is 0 Å². The summed E-state index contributed by atoms with van der Waals surface area (Å²) in [5.74, 6) is -0.110. The van der Waals surface area contributed by atoms with Crippen LogP contribution in [0.15, 0.2) is 23.1 Å². The second-order valence-corrected chi connectivity index (χ2v) is 6.47. The van der Waals surface area contributed by atoms with Crippen molar-refractivity contribution in [2.24, 2.45) is 0 Å². The summed E-state index contributed by atoms with van der Waals surface area (Å²) in [6.45, 7) is 5.73. The van der Waals surface area contributed by atoms with Crippen LogP contribution in [0.2, 0.25) is 0 Å². The minimum atomic E-state index is -3.83. The van der Waals surface area contributed by atoms with Gasteiger partial charge >= 0.3 is 0 Å². The first kappa shape index (κ1) is 17.5. The number of hydrogen-bond acceptors (Lipinski definition) is 4. The molecular formula is C14H22N2O4S. The van der Waals surface area contributed by atoms with Crippen LogP contribution in [0.1, 0.15) is 25.8 Å². The first-order valence-corrected chi connectivity index (χ1v) is 8.24. The van der Waals surface area contributed by atoms with Gasteiger partial charge < -0.3 is 10.1 Å². The molecule has 0 aliphatic heterocycles. The van der Waals surface area contributed by atoms with Crippen molar-refractivity contribution in [3.05, 3.63) is 23.8 Å².